The second-order valence-electron chi connectivity index (χ2n) is 8.83. The van der Waals surface area contributed by atoms with Gasteiger partial charge in [-0.1, -0.05) is 82.5 Å². The lowest BCUT2D eigenvalue weighted by Crippen LogP contribution is -2.32. The van der Waals surface area contributed by atoms with Crippen LogP contribution in [0.15, 0.2) is 23.8 Å². The highest BCUT2D eigenvalue weighted by atomic mass is 28.3. The van der Waals surface area contributed by atoms with Gasteiger partial charge < -0.3 is 4.74 Å². The molecule has 0 aromatic heterocycles. The third-order valence-corrected chi connectivity index (χ3v) is 6.38. The molecule has 24 heavy (non-hydrogen) atoms. The summed E-state index contributed by atoms with van der Waals surface area (Å²) < 4.78 is 5.96. The minimum Gasteiger partial charge on any atom is -0.381 e. The lowest BCUT2D eigenvalue weighted by atomic mass is 9.89. The molecule has 1 nitrogen and oxygen atoms in total. The summed E-state index contributed by atoms with van der Waals surface area (Å²) in [5, 5.41) is 0. The van der Waals surface area contributed by atoms with Crippen molar-refractivity contribution in [2.45, 2.75) is 104 Å². The Morgan fingerprint density at radius 2 is 1.71 bits per heavy atom. The molecule has 0 radical (unpaired) electrons. The predicted octanol–water partition coefficient (Wildman–Crippen LogP) is 7.62. The molecule has 0 aliphatic rings. The molecular formula is C22H44OSi. The fourth-order valence-electron chi connectivity index (χ4n) is 3.36. The molecule has 0 aliphatic heterocycles. The maximum absolute atomic E-state index is 5.96. The van der Waals surface area contributed by atoms with Crippen molar-refractivity contribution in [2.75, 3.05) is 7.11 Å². The van der Waals surface area contributed by atoms with E-state index in [2.05, 4.69) is 53.1 Å². The van der Waals surface area contributed by atoms with Crippen LogP contribution in [0.4, 0.5) is 0 Å². The zero-order chi connectivity index (χ0) is 18.6. The second-order valence-corrected chi connectivity index (χ2v) is 14.4. The Morgan fingerprint density at radius 3 is 2.21 bits per heavy atom. The van der Waals surface area contributed by atoms with E-state index in [4.69, 9.17) is 4.74 Å². The van der Waals surface area contributed by atoms with Gasteiger partial charge in [-0.2, -0.15) is 0 Å². The van der Waals surface area contributed by atoms with Gasteiger partial charge in [0, 0.05) is 21.1 Å². The SMILES string of the molecule is C=C(CCC=C(C)C)C(C[Si](C)(C)C)C(CCCCCCC)OC. The van der Waals surface area contributed by atoms with Crippen molar-refractivity contribution in [3.05, 3.63) is 23.8 Å². The van der Waals surface area contributed by atoms with Gasteiger partial charge in [-0.15, -0.1) is 0 Å². The van der Waals surface area contributed by atoms with Crippen LogP contribution >= 0.6 is 0 Å². The normalized spacial score (nSPS) is 14.3. The van der Waals surface area contributed by atoms with Gasteiger partial charge in [0.1, 0.15) is 0 Å². The Bertz CT molecular complexity index is 361. The zero-order valence-electron chi connectivity index (χ0n) is 17.7. The quantitative estimate of drug-likeness (QED) is 0.177. The number of unbranched alkanes of at least 4 members (excludes halogenated alkanes) is 4. The van der Waals surface area contributed by atoms with Gasteiger partial charge in [0.15, 0.2) is 0 Å². The Morgan fingerprint density at radius 1 is 1.08 bits per heavy atom. The highest BCUT2D eigenvalue weighted by molar-refractivity contribution is 6.76. The van der Waals surface area contributed by atoms with Crippen molar-refractivity contribution in [2.24, 2.45) is 5.92 Å². The van der Waals surface area contributed by atoms with E-state index in [0.29, 0.717) is 12.0 Å². The molecule has 0 aromatic rings. The Hall–Kier alpha value is -0.343. The van der Waals surface area contributed by atoms with Gasteiger partial charge in [-0.3, -0.25) is 0 Å². The minimum atomic E-state index is -1.14. The van der Waals surface area contributed by atoms with Crippen LogP contribution in [0.2, 0.25) is 25.7 Å². The van der Waals surface area contributed by atoms with Crippen molar-refractivity contribution in [1.82, 2.24) is 0 Å². The Labute approximate surface area is 154 Å². The first-order valence-electron chi connectivity index (χ1n) is 10.0. The van der Waals surface area contributed by atoms with Gasteiger partial charge in [0.05, 0.1) is 6.10 Å². The second kappa shape index (κ2) is 12.9. The summed E-state index contributed by atoms with van der Waals surface area (Å²) >= 11 is 0. The van der Waals surface area contributed by atoms with E-state index in [-0.39, 0.29) is 0 Å². The number of ether oxygens (including phenoxy) is 1. The molecule has 0 N–H and O–H groups in total. The van der Waals surface area contributed by atoms with Crippen LogP contribution in [-0.4, -0.2) is 21.3 Å². The summed E-state index contributed by atoms with van der Waals surface area (Å²) in [6.07, 6.45) is 12.8. The van der Waals surface area contributed by atoms with Crippen LogP contribution in [0.25, 0.3) is 0 Å². The van der Waals surface area contributed by atoms with Gasteiger partial charge in [0.25, 0.3) is 0 Å². The number of methoxy groups -OCH3 is 1. The highest BCUT2D eigenvalue weighted by Gasteiger charge is 2.29. The van der Waals surface area contributed by atoms with Crippen LogP contribution in [-0.2, 0) is 4.74 Å². The number of hydrogen-bond acceptors (Lipinski definition) is 1. The molecule has 0 saturated heterocycles. The van der Waals surface area contributed by atoms with Crippen molar-refractivity contribution < 1.29 is 4.74 Å². The molecule has 142 valence electrons. The average Bonchev–Trinajstić information content (AvgIpc) is 2.47. The fraction of sp³-hybridized carbons (Fsp3) is 0.818. The topological polar surface area (TPSA) is 9.23 Å². The van der Waals surface area contributed by atoms with Crippen molar-refractivity contribution in [3.63, 3.8) is 0 Å². The van der Waals surface area contributed by atoms with E-state index >= 15 is 0 Å². The molecule has 0 aliphatic carbocycles. The summed E-state index contributed by atoms with van der Waals surface area (Å²) in [6.45, 7) is 18.5. The molecule has 0 spiro atoms. The van der Waals surface area contributed by atoms with Crippen molar-refractivity contribution >= 4 is 8.07 Å². The standard InChI is InChI=1S/C22H44OSi/c1-9-10-11-12-13-17-22(23-5)21(18-24(6,7)8)20(4)16-14-15-19(2)3/h15,21-22H,4,9-14,16-18H2,1-3,5-8H3. The molecular weight excluding hydrogens is 308 g/mol. The van der Waals surface area contributed by atoms with Gasteiger partial charge in [-0.25, -0.2) is 0 Å². The first-order chi connectivity index (χ1) is 11.2. The molecule has 0 bridgehead atoms. The van der Waals surface area contributed by atoms with Crippen LogP contribution in [0.3, 0.4) is 0 Å². The monoisotopic (exact) mass is 352 g/mol. The van der Waals surface area contributed by atoms with Crippen molar-refractivity contribution in [1.29, 1.82) is 0 Å². The molecule has 0 saturated carbocycles. The summed E-state index contributed by atoms with van der Waals surface area (Å²) in [5.41, 5.74) is 2.82. The van der Waals surface area contributed by atoms with Crippen LogP contribution in [0.5, 0.6) is 0 Å². The fourth-order valence-corrected chi connectivity index (χ4v) is 5.23. The van der Waals surface area contributed by atoms with Crippen LogP contribution in [0, 0.1) is 5.92 Å². The third-order valence-electron chi connectivity index (χ3n) is 4.72. The first kappa shape index (κ1) is 23.7. The molecule has 2 unspecified atom stereocenters. The smallest absolute Gasteiger partial charge is 0.0633 e. The van der Waals surface area contributed by atoms with E-state index in [1.54, 1.807) is 0 Å². The predicted molar refractivity (Wildman–Crippen MR) is 114 cm³/mol. The number of allylic oxidation sites excluding steroid dienone is 2. The molecule has 0 heterocycles. The molecule has 0 aromatic carbocycles. The summed E-state index contributed by atoms with van der Waals surface area (Å²) in [4.78, 5) is 0. The third kappa shape index (κ3) is 12.1. The van der Waals surface area contributed by atoms with Crippen LogP contribution < -0.4 is 0 Å². The highest BCUT2D eigenvalue weighted by Crippen LogP contribution is 2.32. The number of rotatable bonds is 14. The lowest BCUT2D eigenvalue weighted by molar-refractivity contribution is 0.0602. The molecule has 2 atom stereocenters. The first-order valence-corrected chi connectivity index (χ1v) is 13.8. The molecule has 0 rings (SSSR count). The maximum Gasteiger partial charge on any atom is 0.0633 e. The summed E-state index contributed by atoms with van der Waals surface area (Å²) in [5.74, 6) is 0.540. The van der Waals surface area contributed by atoms with Crippen molar-refractivity contribution in [3.8, 4) is 0 Å². The Balaban J connectivity index is 4.74. The largest absolute Gasteiger partial charge is 0.381 e. The average molecular weight is 353 g/mol. The number of hydrogen-bond donors (Lipinski definition) is 0. The minimum absolute atomic E-state index is 0.359. The van der Waals surface area contributed by atoms with Gasteiger partial charge in [0.2, 0.25) is 0 Å². The Kier molecular flexibility index (Phi) is 12.8. The van der Waals surface area contributed by atoms with Gasteiger partial charge in [-0.05, 0) is 39.2 Å². The van der Waals surface area contributed by atoms with E-state index in [1.165, 1.54) is 55.7 Å². The van der Waals surface area contributed by atoms with E-state index in [9.17, 15) is 0 Å². The summed E-state index contributed by atoms with van der Waals surface area (Å²) in [6, 6.07) is 1.30. The van der Waals surface area contributed by atoms with E-state index < -0.39 is 8.07 Å². The zero-order valence-corrected chi connectivity index (χ0v) is 18.7. The molecule has 2 heteroatoms. The van der Waals surface area contributed by atoms with Crippen LogP contribution in [0.1, 0.15) is 72.1 Å². The molecule has 0 amide bonds. The maximum atomic E-state index is 5.96. The summed E-state index contributed by atoms with van der Waals surface area (Å²) in [7, 11) is 0.761. The van der Waals surface area contributed by atoms with E-state index in [1.807, 2.05) is 7.11 Å². The molecule has 0 fully saturated rings. The van der Waals surface area contributed by atoms with E-state index in [0.717, 1.165) is 12.8 Å². The lowest BCUT2D eigenvalue weighted by Gasteiger charge is -2.32. The van der Waals surface area contributed by atoms with Gasteiger partial charge >= 0.3 is 0 Å².